The number of ether oxygens (including phenoxy) is 1. The highest BCUT2D eigenvalue weighted by molar-refractivity contribution is 5.79. The van der Waals surface area contributed by atoms with Crippen molar-refractivity contribution in [3.05, 3.63) is 71.8 Å². The molecule has 0 spiro atoms. The van der Waals surface area contributed by atoms with Gasteiger partial charge in [-0.2, -0.15) is 8.78 Å². The van der Waals surface area contributed by atoms with Gasteiger partial charge in [-0.3, -0.25) is 0 Å². The number of esters is 1. The molecule has 0 aliphatic rings. The predicted octanol–water partition coefficient (Wildman–Crippen LogP) is 3.40. The van der Waals surface area contributed by atoms with Crippen molar-refractivity contribution in [2.45, 2.75) is 31.3 Å². The molecule has 2 aromatic rings. The Balaban J connectivity index is 2.38. The summed E-state index contributed by atoms with van der Waals surface area (Å²) >= 11 is 0. The lowest BCUT2D eigenvalue weighted by molar-refractivity contribution is -0.213. The molecule has 5 heteroatoms. The summed E-state index contributed by atoms with van der Waals surface area (Å²) in [5.41, 5.74) is -1.55. The summed E-state index contributed by atoms with van der Waals surface area (Å²) in [7, 11) is 0. The number of aliphatic hydroxyl groups is 1. The van der Waals surface area contributed by atoms with Crippen LogP contribution in [-0.4, -0.2) is 29.2 Å². The van der Waals surface area contributed by atoms with Gasteiger partial charge in [-0.05, 0) is 18.1 Å². The van der Waals surface area contributed by atoms with Gasteiger partial charge >= 0.3 is 11.9 Å². The zero-order valence-corrected chi connectivity index (χ0v) is 13.4. The molecule has 1 N–H and O–H groups in total. The Kier molecular flexibility index (Phi) is 5.67. The third-order valence-corrected chi connectivity index (χ3v) is 3.80. The number of halogens is 2. The molecule has 0 atom stereocenters. The molecule has 0 radical (unpaired) electrons. The summed E-state index contributed by atoms with van der Waals surface area (Å²) in [6, 6.07) is 16.8. The average Bonchev–Trinajstić information content (AvgIpc) is 2.56. The lowest BCUT2D eigenvalue weighted by atomic mass is 9.82. The van der Waals surface area contributed by atoms with Gasteiger partial charge in [0.2, 0.25) is 0 Å². The van der Waals surface area contributed by atoms with Crippen molar-refractivity contribution < 1.29 is 23.4 Å². The zero-order chi connectivity index (χ0) is 17.6. The fourth-order valence-electron chi connectivity index (χ4n) is 2.56. The van der Waals surface area contributed by atoms with Crippen LogP contribution in [0.1, 0.15) is 18.1 Å². The molecule has 0 saturated heterocycles. The van der Waals surface area contributed by atoms with Gasteiger partial charge in [0.1, 0.15) is 5.60 Å². The van der Waals surface area contributed by atoms with Crippen LogP contribution in [-0.2, 0) is 22.4 Å². The summed E-state index contributed by atoms with van der Waals surface area (Å²) in [6.07, 6.45) is -0.733. The highest BCUT2D eigenvalue weighted by Crippen LogP contribution is 2.36. The standard InChI is InChI=1S/C19H20F2O3/c1-2-24-17(22)19(20,21)18(23,13-15-9-5-3-6-10-15)14-16-11-7-4-8-12-16/h3-12,23H,2,13-14H2,1H3. The Morgan fingerprint density at radius 3 is 1.75 bits per heavy atom. The number of rotatable bonds is 7. The molecule has 0 bridgehead atoms. The topological polar surface area (TPSA) is 46.5 Å². The summed E-state index contributed by atoms with van der Waals surface area (Å²) in [4.78, 5) is 11.8. The molecule has 0 unspecified atom stereocenters. The molecular weight excluding hydrogens is 314 g/mol. The Morgan fingerprint density at radius 1 is 0.958 bits per heavy atom. The van der Waals surface area contributed by atoms with Crippen molar-refractivity contribution in [2.75, 3.05) is 6.61 Å². The predicted molar refractivity (Wildman–Crippen MR) is 86.8 cm³/mol. The van der Waals surface area contributed by atoms with E-state index in [0.29, 0.717) is 11.1 Å². The van der Waals surface area contributed by atoms with Crippen LogP contribution in [0.25, 0.3) is 0 Å². The first kappa shape index (κ1) is 18.1. The fraction of sp³-hybridized carbons (Fsp3) is 0.316. The SMILES string of the molecule is CCOC(=O)C(F)(F)C(O)(Cc1ccccc1)Cc1ccccc1. The van der Waals surface area contributed by atoms with Crippen molar-refractivity contribution in [1.29, 1.82) is 0 Å². The first-order chi connectivity index (χ1) is 11.4. The van der Waals surface area contributed by atoms with E-state index in [-0.39, 0.29) is 19.4 Å². The van der Waals surface area contributed by atoms with Gasteiger partial charge in [0.25, 0.3) is 0 Å². The quantitative estimate of drug-likeness (QED) is 0.790. The summed E-state index contributed by atoms with van der Waals surface area (Å²) in [5.74, 6) is -5.74. The highest BCUT2D eigenvalue weighted by atomic mass is 19.3. The molecule has 24 heavy (non-hydrogen) atoms. The van der Waals surface area contributed by atoms with Gasteiger partial charge < -0.3 is 9.84 Å². The van der Waals surface area contributed by atoms with Crippen LogP contribution in [0.15, 0.2) is 60.7 Å². The molecular formula is C19H20F2O3. The molecule has 2 rings (SSSR count). The first-order valence-electron chi connectivity index (χ1n) is 7.74. The monoisotopic (exact) mass is 334 g/mol. The van der Waals surface area contributed by atoms with E-state index in [0.717, 1.165) is 0 Å². The van der Waals surface area contributed by atoms with Crippen LogP contribution < -0.4 is 0 Å². The second kappa shape index (κ2) is 7.53. The Hall–Kier alpha value is -2.27. The molecule has 3 nitrogen and oxygen atoms in total. The van der Waals surface area contributed by atoms with Crippen LogP contribution in [0.4, 0.5) is 8.78 Å². The van der Waals surface area contributed by atoms with Crippen molar-refractivity contribution >= 4 is 5.97 Å². The second-order valence-electron chi connectivity index (χ2n) is 5.65. The van der Waals surface area contributed by atoms with Gasteiger partial charge in [-0.1, -0.05) is 60.7 Å². The number of carbonyl (C=O) groups excluding carboxylic acids is 1. The van der Waals surface area contributed by atoms with Crippen LogP contribution in [0, 0.1) is 0 Å². The number of alkyl halides is 2. The van der Waals surface area contributed by atoms with Gasteiger partial charge in [0, 0.05) is 12.8 Å². The molecule has 128 valence electrons. The molecule has 0 heterocycles. The summed E-state index contributed by atoms with van der Waals surface area (Å²) in [5, 5.41) is 10.8. The maximum Gasteiger partial charge on any atom is 0.380 e. The Morgan fingerprint density at radius 2 is 1.38 bits per heavy atom. The maximum atomic E-state index is 14.7. The van der Waals surface area contributed by atoms with Crippen molar-refractivity contribution in [1.82, 2.24) is 0 Å². The molecule has 0 fully saturated rings. The van der Waals surface area contributed by atoms with E-state index < -0.39 is 17.5 Å². The van der Waals surface area contributed by atoms with Crippen LogP contribution in [0.3, 0.4) is 0 Å². The highest BCUT2D eigenvalue weighted by Gasteiger charge is 2.59. The largest absolute Gasteiger partial charge is 0.461 e. The lowest BCUT2D eigenvalue weighted by Gasteiger charge is -2.34. The van der Waals surface area contributed by atoms with Crippen molar-refractivity contribution in [2.24, 2.45) is 0 Å². The minimum atomic E-state index is -4.03. The number of benzene rings is 2. The second-order valence-corrected chi connectivity index (χ2v) is 5.65. The maximum absolute atomic E-state index is 14.7. The van der Waals surface area contributed by atoms with E-state index >= 15 is 0 Å². The lowest BCUT2D eigenvalue weighted by Crippen LogP contribution is -2.56. The molecule has 0 aliphatic carbocycles. The van der Waals surface area contributed by atoms with Crippen LogP contribution in [0.5, 0.6) is 0 Å². The Bertz CT molecular complexity index is 615. The molecule has 0 amide bonds. The van der Waals surface area contributed by atoms with E-state index in [1.54, 1.807) is 60.7 Å². The summed E-state index contributed by atoms with van der Waals surface area (Å²) in [6.45, 7) is 1.27. The Labute approximate surface area is 139 Å². The number of carbonyl (C=O) groups is 1. The fourth-order valence-corrected chi connectivity index (χ4v) is 2.56. The average molecular weight is 334 g/mol. The van der Waals surface area contributed by atoms with E-state index in [4.69, 9.17) is 0 Å². The van der Waals surface area contributed by atoms with E-state index in [2.05, 4.69) is 4.74 Å². The third-order valence-electron chi connectivity index (χ3n) is 3.80. The van der Waals surface area contributed by atoms with Crippen LogP contribution >= 0.6 is 0 Å². The van der Waals surface area contributed by atoms with Crippen LogP contribution in [0.2, 0.25) is 0 Å². The summed E-state index contributed by atoms with van der Waals surface area (Å²) < 4.78 is 33.9. The molecule has 2 aromatic carbocycles. The smallest absolute Gasteiger partial charge is 0.380 e. The zero-order valence-electron chi connectivity index (χ0n) is 13.4. The van der Waals surface area contributed by atoms with Gasteiger partial charge in [0.15, 0.2) is 0 Å². The van der Waals surface area contributed by atoms with Crippen molar-refractivity contribution in [3.8, 4) is 0 Å². The first-order valence-corrected chi connectivity index (χ1v) is 7.74. The number of hydrogen-bond acceptors (Lipinski definition) is 3. The van der Waals surface area contributed by atoms with Gasteiger partial charge in [0.05, 0.1) is 6.61 Å². The third kappa shape index (κ3) is 3.97. The molecule has 0 aromatic heterocycles. The van der Waals surface area contributed by atoms with Crippen molar-refractivity contribution in [3.63, 3.8) is 0 Å². The molecule has 0 aliphatic heterocycles. The molecule has 0 saturated carbocycles. The minimum Gasteiger partial charge on any atom is -0.461 e. The minimum absolute atomic E-state index is 0.179. The van der Waals surface area contributed by atoms with E-state index in [1.807, 2.05) is 0 Å². The number of hydrogen-bond donors (Lipinski definition) is 1. The normalized spacial score (nSPS) is 12.0. The van der Waals surface area contributed by atoms with E-state index in [1.165, 1.54) is 6.92 Å². The van der Waals surface area contributed by atoms with E-state index in [9.17, 15) is 18.7 Å². The van der Waals surface area contributed by atoms with Gasteiger partial charge in [-0.15, -0.1) is 0 Å². The van der Waals surface area contributed by atoms with Gasteiger partial charge in [-0.25, -0.2) is 4.79 Å².